The molecule has 0 aliphatic heterocycles. The van der Waals surface area contributed by atoms with Crippen LogP contribution in [-0.2, 0) is 0 Å². The average Bonchev–Trinajstić information content (AvgIpc) is 2.56. The molecule has 0 radical (unpaired) electrons. The molecule has 0 aliphatic rings. The Hall–Kier alpha value is -2.94. The molecule has 0 bridgehead atoms. The molecule has 0 saturated carbocycles. The second kappa shape index (κ2) is 5.82. The van der Waals surface area contributed by atoms with Gasteiger partial charge in [0, 0.05) is 16.9 Å². The number of hydrogen-bond donors (Lipinski definition) is 2. The molecule has 0 fully saturated rings. The minimum atomic E-state index is 0.754. The van der Waals surface area contributed by atoms with Crippen molar-refractivity contribution in [3.63, 3.8) is 0 Å². The van der Waals surface area contributed by atoms with Gasteiger partial charge >= 0.3 is 0 Å². The van der Waals surface area contributed by atoms with Crippen LogP contribution in [0.15, 0.2) is 66.7 Å². The van der Waals surface area contributed by atoms with Crippen LogP contribution in [0.1, 0.15) is 0 Å². The summed E-state index contributed by atoms with van der Waals surface area (Å²) in [6.45, 7) is 0. The highest BCUT2D eigenvalue weighted by atomic mass is 16.5. The van der Waals surface area contributed by atoms with Gasteiger partial charge in [0.05, 0.1) is 7.11 Å². The van der Waals surface area contributed by atoms with E-state index in [-0.39, 0.29) is 0 Å². The first-order valence-corrected chi connectivity index (χ1v) is 7.07. The molecule has 0 aromatic heterocycles. The first-order chi connectivity index (χ1) is 10.7. The van der Waals surface area contributed by atoms with Crippen molar-refractivity contribution in [2.24, 2.45) is 0 Å². The third kappa shape index (κ3) is 2.74. The number of rotatable bonds is 3. The molecule has 3 aromatic rings. The van der Waals surface area contributed by atoms with E-state index in [1.54, 1.807) is 7.11 Å². The van der Waals surface area contributed by atoms with Gasteiger partial charge in [-0.2, -0.15) is 0 Å². The van der Waals surface area contributed by atoms with Crippen LogP contribution in [0.5, 0.6) is 5.75 Å². The molecular weight excluding hydrogens is 272 g/mol. The van der Waals surface area contributed by atoms with Crippen LogP contribution >= 0.6 is 0 Å². The van der Waals surface area contributed by atoms with Crippen molar-refractivity contribution in [2.75, 3.05) is 18.6 Å². The quantitative estimate of drug-likeness (QED) is 0.711. The Kier molecular flexibility index (Phi) is 3.71. The number of benzene rings is 3. The number of nitrogens with two attached hydrogens (primary N) is 2. The highest BCUT2D eigenvalue weighted by molar-refractivity contribution is 5.82. The molecule has 3 nitrogen and oxygen atoms in total. The smallest absolute Gasteiger partial charge is 0.118 e. The molecule has 110 valence electrons. The molecule has 0 unspecified atom stereocenters. The molecule has 0 spiro atoms. The summed E-state index contributed by atoms with van der Waals surface area (Å²) in [5, 5.41) is 0. The maximum atomic E-state index is 6.14. The Morgan fingerprint density at radius 2 is 1.27 bits per heavy atom. The zero-order valence-electron chi connectivity index (χ0n) is 12.4. The minimum absolute atomic E-state index is 0.754. The fraction of sp³-hybridized carbons (Fsp3) is 0.0526. The van der Waals surface area contributed by atoms with Gasteiger partial charge in [-0.1, -0.05) is 30.3 Å². The van der Waals surface area contributed by atoms with Gasteiger partial charge in [-0.25, -0.2) is 0 Å². The topological polar surface area (TPSA) is 61.3 Å². The molecule has 3 aromatic carbocycles. The van der Waals surface area contributed by atoms with Gasteiger partial charge in [0.15, 0.2) is 0 Å². The Labute approximate surface area is 130 Å². The lowest BCUT2D eigenvalue weighted by atomic mass is 9.97. The van der Waals surface area contributed by atoms with E-state index in [1.807, 2.05) is 60.7 Å². The molecule has 0 aliphatic carbocycles. The average molecular weight is 290 g/mol. The van der Waals surface area contributed by atoms with Crippen LogP contribution < -0.4 is 16.2 Å². The predicted molar refractivity (Wildman–Crippen MR) is 92.7 cm³/mol. The number of methoxy groups -OCH3 is 1. The minimum Gasteiger partial charge on any atom is -0.497 e. The van der Waals surface area contributed by atoms with E-state index < -0.39 is 0 Å². The molecule has 0 amide bonds. The molecule has 22 heavy (non-hydrogen) atoms. The standard InChI is InChI=1S/C19H18N2O/c1-22-17-9-4-14(5-10-17)18-12-15(6-11-19(18)21)13-2-7-16(20)8-3-13/h2-12H,20-21H2,1H3. The van der Waals surface area contributed by atoms with Crippen LogP contribution in [0.2, 0.25) is 0 Å². The molecule has 0 saturated heterocycles. The number of nitrogen functional groups attached to an aromatic ring is 2. The van der Waals surface area contributed by atoms with E-state index in [2.05, 4.69) is 6.07 Å². The van der Waals surface area contributed by atoms with Crippen LogP contribution in [-0.4, -0.2) is 7.11 Å². The lowest BCUT2D eigenvalue weighted by molar-refractivity contribution is 0.415. The van der Waals surface area contributed by atoms with Crippen LogP contribution in [0.3, 0.4) is 0 Å². The zero-order valence-corrected chi connectivity index (χ0v) is 12.4. The van der Waals surface area contributed by atoms with Crippen molar-refractivity contribution < 1.29 is 4.74 Å². The third-order valence-electron chi connectivity index (χ3n) is 3.70. The SMILES string of the molecule is COc1ccc(-c2cc(-c3ccc(N)cc3)ccc2N)cc1. The summed E-state index contributed by atoms with van der Waals surface area (Å²) in [5.41, 5.74) is 17.7. The summed E-state index contributed by atoms with van der Waals surface area (Å²) < 4.78 is 5.20. The van der Waals surface area contributed by atoms with Crippen molar-refractivity contribution >= 4 is 11.4 Å². The first kappa shape index (κ1) is 14.0. The molecule has 3 rings (SSSR count). The van der Waals surface area contributed by atoms with Crippen LogP contribution in [0.25, 0.3) is 22.3 Å². The predicted octanol–water partition coefficient (Wildman–Crippen LogP) is 4.19. The van der Waals surface area contributed by atoms with Gasteiger partial charge in [0.1, 0.15) is 5.75 Å². The lowest BCUT2D eigenvalue weighted by Gasteiger charge is -2.10. The van der Waals surface area contributed by atoms with Crippen molar-refractivity contribution in [2.45, 2.75) is 0 Å². The van der Waals surface area contributed by atoms with Crippen LogP contribution in [0.4, 0.5) is 11.4 Å². The van der Waals surface area contributed by atoms with Gasteiger partial charge in [-0.15, -0.1) is 0 Å². The van der Waals surface area contributed by atoms with E-state index in [1.165, 1.54) is 0 Å². The van der Waals surface area contributed by atoms with Gasteiger partial charge in [-0.05, 0) is 53.1 Å². The number of hydrogen-bond acceptors (Lipinski definition) is 3. The van der Waals surface area contributed by atoms with Gasteiger partial charge < -0.3 is 16.2 Å². The maximum Gasteiger partial charge on any atom is 0.118 e. The lowest BCUT2D eigenvalue weighted by Crippen LogP contribution is -1.92. The highest BCUT2D eigenvalue weighted by Gasteiger charge is 2.06. The summed E-state index contributed by atoms with van der Waals surface area (Å²) in [4.78, 5) is 0. The van der Waals surface area contributed by atoms with E-state index in [0.717, 1.165) is 39.4 Å². The number of anilines is 2. The molecule has 0 atom stereocenters. The summed E-state index contributed by atoms with van der Waals surface area (Å²) in [6, 6.07) is 21.8. The summed E-state index contributed by atoms with van der Waals surface area (Å²) >= 11 is 0. The Morgan fingerprint density at radius 3 is 1.91 bits per heavy atom. The summed E-state index contributed by atoms with van der Waals surface area (Å²) in [6.07, 6.45) is 0. The fourth-order valence-electron chi connectivity index (χ4n) is 2.43. The molecular formula is C19H18N2O. The molecule has 0 heterocycles. The normalized spacial score (nSPS) is 10.4. The van der Waals surface area contributed by atoms with Crippen molar-refractivity contribution in [1.82, 2.24) is 0 Å². The Bertz CT molecular complexity index is 778. The van der Waals surface area contributed by atoms with Crippen molar-refractivity contribution in [3.05, 3.63) is 66.7 Å². The van der Waals surface area contributed by atoms with E-state index in [0.29, 0.717) is 0 Å². The van der Waals surface area contributed by atoms with Crippen molar-refractivity contribution in [3.8, 4) is 28.0 Å². The summed E-state index contributed by atoms with van der Waals surface area (Å²) in [7, 11) is 1.66. The second-order valence-electron chi connectivity index (χ2n) is 5.15. The monoisotopic (exact) mass is 290 g/mol. The van der Waals surface area contributed by atoms with Crippen LogP contribution in [0, 0.1) is 0 Å². The summed E-state index contributed by atoms with van der Waals surface area (Å²) in [5.74, 6) is 0.831. The van der Waals surface area contributed by atoms with E-state index in [4.69, 9.17) is 16.2 Å². The number of ether oxygens (including phenoxy) is 1. The van der Waals surface area contributed by atoms with E-state index >= 15 is 0 Å². The van der Waals surface area contributed by atoms with Gasteiger partial charge in [0.2, 0.25) is 0 Å². The van der Waals surface area contributed by atoms with Gasteiger partial charge in [0.25, 0.3) is 0 Å². The van der Waals surface area contributed by atoms with E-state index in [9.17, 15) is 0 Å². The zero-order chi connectivity index (χ0) is 15.5. The Morgan fingerprint density at radius 1 is 0.682 bits per heavy atom. The van der Waals surface area contributed by atoms with Crippen molar-refractivity contribution in [1.29, 1.82) is 0 Å². The second-order valence-corrected chi connectivity index (χ2v) is 5.15. The maximum absolute atomic E-state index is 6.14. The third-order valence-corrected chi connectivity index (χ3v) is 3.70. The largest absolute Gasteiger partial charge is 0.497 e. The molecule has 3 heteroatoms. The first-order valence-electron chi connectivity index (χ1n) is 7.07. The fourth-order valence-corrected chi connectivity index (χ4v) is 2.43. The van der Waals surface area contributed by atoms with Gasteiger partial charge in [-0.3, -0.25) is 0 Å². The highest BCUT2D eigenvalue weighted by Crippen LogP contribution is 2.32. The molecule has 4 N–H and O–H groups in total. The Balaban J connectivity index is 2.04.